The van der Waals surface area contributed by atoms with Gasteiger partial charge in [-0.25, -0.2) is 0 Å². The largest absolute Gasteiger partial charge is 0.502 e. The van der Waals surface area contributed by atoms with Crippen molar-refractivity contribution in [2.75, 3.05) is 40.0 Å². The van der Waals surface area contributed by atoms with Crippen LogP contribution in [0.5, 0.6) is 17.2 Å². The molecule has 1 saturated heterocycles. The number of rotatable bonds is 8. The summed E-state index contributed by atoms with van der Waals surface area (Å²) >= 11 is 0. The molecule has 3 rings (SSSR count). The van der Waals surface area contributed by atoms with Crippen LogP contribution < -0.4 is 20.6 Å². The molecule has 0 bridgehead atoms. The molecule has 3 N–H and O–H groups in total. The molecule has 0 saturated carbocycles. The summed E-state index contributed by atoms with van der Waals surface area (Å²) in [6.45, 7) is 2.99. The Morgan fingerprint density at radius 2 is 1.94 bits per heavy atom. The van der Waals surface area contributed by atoms with Gasteiger partial charge in [0.2, 0.25) is 17.1 Å². The first-order valence-electron chi connectivity index (χ1n) is 10.1. The fourth-order valence-electron chi connectivity index (χ4n) is 3.51. The van der Waals surface area contributed by atoms with E-state index in [4.69, 9.17) is 24.4 Å². The van der Waals surface area contributed by atoms with E-state index in [0.29, 0.717) is 43.4 Å². The lowest BCUT2D eigenvalue weighted by molar-refractivity contribution is -0.135. The number of benzene rings is 1. The van der Waals surface area contributed by atoms with Gasteiger partial charge in [0.15, 0.2) is 23.9 Å². The maximum atomic E-state index is 13.0. The number of morpholine rings is 1. The lowest BCUT2D eigenvalue weighted by atomic mass is 9.91. The standard InChI is InChI=1S/C22H26N2O8/c1-13-9-16(25)21(28)22(32-13)15(11-20(27)24-5-7-30-8-6-24)14-3-4-17(29-2)18(10-14)31-12-19(23)26/h3-4,9-10,15,28H,5-8,11-12H2,1-2H3,(H2,23,26). The fourth-order valence-corrected chi connectivity index (χ4v) is 3.51. The SMILES string of the molecule is COc1ccc(C(CC(=O)N2CCOCC2)c2oc(C)cc(=O)c2O)cc1OCC(N)=O. The van der Waals surface area contributed by atoms with Crippen molar-refractivity contribution in [2.24, 2.45) is 5.73 Å². The van der Waals surface area contributed by atoms with Gasteiger partial charge in [0.25, 0.3) is 5.91 Å². The highest BCUT2D eigenvalue weighted by atomic mass is 16.5. The summed E-state index contributed by atoms with van der Waals surface area (Å²) in [5, 5.41) is 10.5. The third-order valence-corrected chi connectivity index (χ3v) is 5.09. The van der Waals surface area contributed by atoms with Crippen LogP contribution >= 0.6 is 0 Å². The summed E-state index contributed by atoms with van der Waals surface area (Å²) in [5.41, 5.74) is 5.09. The molecule has 0 spiro atoms. The number of hydrogen-bond acceptors (Lipinski definition) is 8. The minimum atomic E-state index is -0.792. The fraction of sp³-hybridized carbons (Fsp3) is 0.409. The van der Waals surface area contributed by atoms with Crippen LogP contribution in [0.4, 0.5) is 0 Å². The van der Waals surface area contributed by atoms with Gasteiger partial charge in [-0.1, -0.05) is 6.07 Å². The first-order chi connectivity index (χ1) is 15.3. The number of amides is 2. The van der Waals surface area contributed by atoms with Gasteiger partial charge in [-0.15, -0.1) is 0 Å². The molecule has 0 radical (unpaired) electrons. The molecule has 1 atom stereocenters. The van der Waals surface area contributed by atoms with Crippen molar-refractivity contribution >= 4 is 11.8 Å². The Kier molecular flexibility index (Phi) is 7.37. The first kappa shape index (κ1) is 23.1. The van der Waals surface area contributed by atoms with Crippen LogP contribution in [0.3, 0.4) is 0 Å². The number of aromatic hydroxyl groups is 1. The zero-order chi connectivity index (χ0) is 23.3. The highest BCUT2D eigenvalue weighted by Gasteiger charge is 2.29. The summed E-state index contributed by atoms with van der Waals surface area (Å²) in [7, 11) is 1.44. The molecule has 2 aromatic rings. The Morgan fingerprint density at radius 3 is 2.59 bits per heavy atom. The molecule has 2 heterocycles. The molecule has 10 nitrogen and oxygen atoms in total. The lowest BCUT2D eigenvalue weighted by Crippen LogP contribution is -2.41. The van der Waals surface area contributed by atoms with Crippen molar-refractivity contribution in [2.45, 2.75) is 19.3 Å². The van der Waals surface area contributed by atoms with Gasteiger partial charge >= 0.3 is 0 Å². The molecule has 1 aliphatic heterocycles. The van der Waals surface area contributed by atoms with Crippen LogP contribution in [0.25, 0.3) is 0 Å². The third-order valence-electron chi connectivity index (χ3n) is 5.09. The quantitative estimate of drug-likeness (QED) is 0.609. The molecule has 1 aromatic heterocycles. The Morgan fingerprint density at radius 1 is 1.22 bits per heavy atom. The molecule has 1 aliphatic rings. The second kappa shape index (κ2) is 10.2. The number of methoxy groups -OCH3 is 1. The van der Waals surface area contributed by atoms with Crippen LogP contribution in [0.1, 0.15) is 29.4 Å². The maximum absolute atomic E-state index is 13.0. The van der Waals surface area contributed by atoms with Gasteiger partial charge in [-0.3, -0.25) is 14.4 Å². The van der Waals surface area contributed by atoms with E-state index in [0.717, 1.165) is 0 Å². The molecule has 2 amide bonds. The van der Waals surface area contributed by atoms with E-state index in [-0.39, 0.29) is 30.4 Å². The Balaban J connectivity index is 2.04. The summed E-state index contributed by atoms with van der Waals surface area (Å²) in [6.07, 6.45) is -0.0679. The van der Waals surface area contributed by atoms with Gasteiger partial charge in [0.05, 0.1) is 26.2 Å². The molecule has 1 fully saturated rings. The molecule has 10 heteroatoms. The average molecular weight is 446 g/mol. The van der Waals surface area contributed by atoms with Crippen molar-refractivity contribution in [3.8, 4) is 17.2 Å². The van der Waals surface area contributed by atoms with E-state index in [1.807, 2.05) is 0 Å². The summed E-state index contributed by atoms with van der Waals surface area (Å²) in [4.78, 5) is 38.1. The summed E-state index contributed by atoms with van der Waals surface area (Å²) < 4.78 is 21.7. The number of nitrogens with two attached hydrogens (primary N) is 1. The van der Waals surface area contributed by atoms with Gasteiger partial charge in [-0.2, -0.15) is 0 Å². The van der Waals surface area contributed by atoms with Gasteiger partial charge < -0.3 is 34.4 Å². The monoisotopic (exact) mass is 446 g/mol. The van der Waals surface area contributed by atoms with E-state index < -0.39 is 23.0 Å². The molecule has 172 valence electrons. The van der Waals surface area contributed by atoms with Crippen LogP contribution in [0.2, 0.25) is 0 Å². The van der Waals surface area contributed by atoms with Gasteiger partial charge in [-0.05, 0) is 24.6 Å². The lowest BCUT2D eigenvalue weighted by Gasteiger charge is -2.28. The van der Waals surface area contributed by atoms with Crippen molar-refractivity contribution in [3.05, 3.63) is 51.6 Å². The second-order valence-corrected chi connectivity index (χ2v) is 7.35. The highest BCUT2D eigenvalue weighted by molar-refractivity contribution is 5.78. The number of ether oxygens (including phenoxy) is 3. The maximum Gasteiger partial charge on any atom is 0.255 e. The second-order valence-electron chi connectivity index (χ2n) is 7.35. The average Bonchev–Trinajstić information content (AvgIpc) is 2.78. The van der Waals surface area contributed by atoms with E-state index in [1.165, 1.54) is 13.2 Å². The molecular formula is C22H26N2O8. The number of carbonyl (C=O) groups excluding carboxylic acids is 2. The van der Waals surface area contributed by atoms with Crippen LogP contribution in [-0.4, -0.2) is 61.8 Å². The number of primary amides is 1. The van der Waals surface area contributed by atoms with Crippen molar-refractivity contribution in [3.63, 3.8) is 0 Å². The number of aryl methyl sites for hydroxylation is 1. The molecule has 1 unspecified atom stereocenters. The Bertz CT molecular complexity index is 1040. The van der Waals surface area contributed by atoms with Gasteiger partial charge in [0, 0.05) is 25.6 Å². The normalized spacial score (nSPS) is 14.6. The summed E-state index contributed by atoms with van der Waals surface area (Å²) in [6, 6.07) is 6.02. The minimum Gasteiger partial charge on any atom is -0.502 e. The number of nitrogens with zero attached hydrogens (tertiary/aromatic N) is 1. The van der Waals surface area contributed by atoms with E-state index >= 15 is 0 Å². The zero-order valence-corrected chi connectivity index (χ0v) is 18.0. The molecular weight excluding hydrogens is 420 g/mol. The van der Waals surface area contributed by atoms with Crippen molar-refractivity contribution in [1.82, 2.24) is 4.90 Å². The Hall–Kier alpha value is -3.53. The first-order valence-corrected chi connectivity index (χ1v) is 10.1. The third kappa shape index (κ3) is 5.38. The minimum absolute atomic E-state index is 0.0253. The van der Waals surface area contributed by atoms with Crippen molar-refractivity contribution in [1.29, 1.82) is 0 Å². The Labute approximate surface area is 184 Å². The van der Waals surface area contributed by atoms with Crippen LogP contribution in [-0.2, 0) is 14.3 Å². The predicted molar refractivity (Wildman–Crippen MR) is 113 cm³/mol. The molecule has 32 heavy (non-hydrogen) atoms. The number of hydrogen-bond donors (Lipinski definition) is 2. The van der Waals surface area contributed by atoms with E-state index in [1.54, 1.807) is 30.0 Å². The smallest absolute Gasteiger partial charge is 0.255 e. The molecule has 0 aliphatic carbocycles. The van der Waals surface area contributed by atoms with Crippen LogP contribution in [0.15, 0.2) is 33.5 Å². The topological polar surface area (TPSA) is 142 Å². The van der Waals surface area contributed by atoms with Gasteiger partial charge in [0.1, 0.15) is 5.76 Å². The predicted octanol–water partition coefficient (Wildman–Crippen LogP) is 0.907. The van der Waals surface area contributed by atoms with Crippen molar-refractivity contribution < 1.29 is 33.3 Å². The zero-order valence-electron chi connectivity index (χ0n) is 18.0. The number of carbonyl (C=O) groups is 2. The highest BCUT2D eigenvalue weighted by Crippen LogP contribution is 2.38. The van der Waals surface area contributed by atoms with Crippen LogP contribution in [0, 0.1) is 6.92 Å². The summed E-state index contributed by atoms with van der Waals surface area (Å²) in [5.74, 6) is -1.36. The van der Waals surface area contributed by atoms with E-state index in [9.17, 15) is 19.5 Å². The molecule has 1 aromatic carbocycles. The van der Waals surface area contributed by atoms with E-state index in [2.05, 4.69) is 0 Å².